The molecule has 0 fully saturated rings. The number of nitrogens with one attached hydrogen (secondary N) is 1. The summed E-state index contributed by atoms with van der Waals surface area (Å²) < 4.78 is 1.84. The highest BCUT2D eigenvalue weighted by Crippen LogP contribution is 2.18. The van der Waals surface area contributed by atoms with Crippen LogP contribution in [0.4, 0.5) is 5.69 Å². The fraction of sp³-hybridized carbons (Fsp3) is 0.357. The quantitative estimate of drug-likeness (QED) is 0.865. The Morgan fingerprint density at radius 2 is 2.10 bits per heavy atom. The van der Waals surface area contributed by atoms with E-state index in [0.717, 1.165) is 23.5 Å². The van der Waals surface area contributed by atoms with Gasteiger partial charge < -0.3 is 15.6 Å². The van der Waals surface area contributed by atoms with Gasteiger partial charge in [0, 0.05) is 18.3 Å². The Morgan fingerprint density at radius 1 is 1.40 bits per heavy atom. The summed E-state index contributed by atoms with van der Waals surface area (Å²) in [6, 6.07) is 7.00. The van der Waals surface area contributed by atoms with E-state index in [1.54, 1.807) is 6.33 Å². The summed E-state index contributed by atoms with van der Waals surface area (Å²) in [5, 5.41) is 10.7. The molecule has 1 heterocycles. The number of rotatable bonds is 5. The molecule has 6 nitrogen and oxygen atoms in total. The zero-order chi connectivity index (χ0) is 14.5. The normalized spacial score (nSPS) is 12.2. The van der Waals surface area contributed by atoms with Crippen LogP contribution in [-0.2, 0) is 11.8 Å². The van der Waals surface area contributed by atoms with Crippen LogP contribution in [0.2, 0.25) is 0 Å². The van der Waals surface area contributed by atoms with Crippen molar-refractivity contribution in [3.05, 3.63) is 30.6 Å². The van der Waals surface area contributed by atoms with Gasteiger partial charge in [-0.25, -0.2) is 0 Å². The lowest BCUT2D eigenvalue weighted by Crippen LogP contribution is -2.35. The Balaban J connectivity index is 2.06. The summed E-state index contributed by atoms with van der Waals surface area (Å²) in [6.07, 6.45) is 3.22. The van der Waals surface area contributed by atoms with Crippen molar-refractivity contribution in [2.24, 2.45) is 12.8 Å². The molecule has 0 aliphatic carbocycles. The molecular formula is C14H19N5O. The number of nitrogens with two attached hydrogens (primary N) is 1. The molecule has 0 radical (unpaired) electrons. The first kappa shape index (κ1) is 14.2. The fourth-order valence-electron chi connectivity index (χ4n) is 1.92. The predicted octanol–water partition coefficient (Wildman–Crippen LogP) is 1.55. The van der Waals surface area contributed by atoms with Crippen molar-refractivity contribution in [3.8, 4) is 11.4 Å². The van der Waals surface area contributed by atoms with Gasteiger partial charge in [-0.2, -0.15) is 0 Å². The van der Waals surface area contributed by atoms with Gasteiger partial charge in [0.2, 0.25) is 5.91 Å². The third kappa shape index (κ3) is 3.21. The summed E-state index contributed by atoms with van der Waals surface area (Å²) in [5.74, 6) is 0.629. The van der Waals surface area contributed by atoms with Gasteiger partial charge in [-0.15, -0.1) is 10.2 Å². The average Bonchev–Trinajstić information content (AvgIpc) is 2.86. The van der Waals surface area contributed by atoms with E-state index in [2.05, 4.69) is 15.5 Å². The molecule has 1 aromatic heterocycles. The van der Waals surface area contributed by atoms with E-state index in [1.165, 1.54) is 0 Å². The number of hydrogen-bond donors (Lipinski definition) is 2. The summed E-state index contributed by atoms with van der Waals surface area (Å²) in [4.78, 5) is 11.8. The second-order valence-corrected chi connectivity index (χ2v) is 4.73. The van der Waals surface area contributed by atoms with Crippen LogP contribution in [0.1, 0.15) is 19.8 Å². The van der Waals surface area contributed by atoms with Gasteiger partial charge in [-0.05, 0) is 30.7 Å². The van der Waals surface area contributed by atoms with E-state index in [4.69, 9.17) is 5.73 Å². The smallest absolute Gasteiger partial charge is 0.241 e. The Morgan fingerprint density at radius 3 is 2.65 bits per heavy atom. The first-order chi connectivity index (χ1) is 9.61. The van der Waals surface area contributed by atoms with E-state index in [-0.39, 0.29) is 5.91 Å². The largest absolute Gasteiger partial charge is 0.325 e. The van der Waals surface area contributed by atoms with Gasteiger partial charge in [0.1, 0.15) is 6.33 Å². The van der Waals surface area contributed by atoms with Crippen molar-refractivity contribution in [1.29, 1.82) is 0 Å². The number of amides is 1. The Labute approximate surface area is 118 Å². The topological polar surface area (TPSA) is 85.8 Å². The van der Waals surface area contributed by atoms with E-state index >= 15 is 0 Å². The average molecular weight is 273 g/mol. The molecule has 1 atom stereocenters. The second kappa shape index (κ2) is 6.29. The summed E-state index contributed by atoms with van der Waals surface area (Å²) >= 11 is 0. The van der Waals surface area contributed by atoms with Crippen LogP contribution in [0, 0.1) is 0 Å². The maximum Gasteiger partial charge on any atom is 0.241 e. The Kier molecular flexibility index (Phi) is 4.47. The van der Waals surface area contributed by atoms with Crippen molar-refractivity contribution in [3.63, 3.8) is 0 Å². The molecule has 1 unspecified atom stereocenters. The van der Waals surface area contributed by atoms with Gasteiger partial charge in [-0.1, -0.05) is 13.3 Å². The lowest BCUT2D eigenvalue weighted by Gasteiger charge is -2.11. The number of carbonyl (C=O) groups excluding carboxylic acids is 1. The first-order valence-electron chi connectivity index (χ1n) is 6.62. The zero-order valence-corrected chi connectivity index (χ0v) is 11.7. The monoisotopic (exact) mass is 273 g/mol. The van der Waals surface area contributed by atoms with E-state index < -0.39 is 6.04 Å². The van der Waals surface area contributed by atoms with E-state index in [0.29, 0.717) is 6.42 Å². The molecular weight excluding hydrogens is 254 g/mol. The maximum atomic E-state index is 11.8. The van der Waals surface area contributed by atoms with Gasteiger partial charge in [0.05, 0.1) is 6.04 Å². The highest BCUT2D eigenvalue weighted by Gasteiger charge is 2.12. The number of aryl methyl sites for hydroxylation is 1. The predicted molar refractivity (Wildman–Crippen MR) is 78.0 cm³/mol. The fourth-order valence-corrected chi connectivity index (χ4v) is 1.92. The molecule has 0 spiro atoms. The molecule has 2 aromatic rings. The highest BCUT2D eigenvalue weighted by molar-refractivity contribution is 5.94. The van der Waals surface area contributed by atoms with Crippen molar-refractivity contribution in [2.45, 2.75) is 25.8 Å². The second-order valence-electron chi connectivity index (χ2n) is 4.73. The van der Waals surface area contributed by atoms with Crippen molar-refractivity contribution >= 4 is 11.6 Å². The minimum absolute atomic E-state index is 0.154. The van der Waals surface area contributed by atoms with Crippen LogP contribution in [0.5, 0.6) is 0 Å². The minimum atomic E-state index is -0.460. The number of carbonyl (C=O) groups is 1. The summed E-state index contributed by atoms with van der Waals surface area (Å²) in [6.45, 7) is 2.00. The van der Waals surface area contributed by atoms with Gasteiger partial charge in [0.25, 0.3) is 0 Å². The molecule has 6 heteroatoms. The molecule has 0 saturated heterocycles. The van der Waals surface area contributed by atoms with Crippen LogP contribution in [-0.4, -0.2) is 26.7 Å². The van der Waals surface area contributed by atoms with Gasteiger partial charge >= 0.3 is 0 Å². The third-order valence-electron chi connectivity index (χ3n) is 3.06. The number of nitrogens with zero attached hydrogens (tertiary/aromatic N) is 3. The van der Waals surface area contributed by atoms with Crippen LogP contribution in [0.3, 0.4) is 0 Å². The molecule has 106 valence electrons. The molecule has 0 aliphatic rings. The first-order valence-corrected chi connectivity index (χ1v) is 6.62. The van der Waals surface area contributed by atoms with Crippen LogP contribution in [0.25, 0.3) is 11.4 Å². The van der Waals surface area contributed by atoms with E-state index in [9.17, 15) is 4.79 Å². The highest BCUT2D eigenvalue weighted by atomic mass is 16.2. The molecule has 2 rings (SSSR count). The van der Waals surface area contributed by atoms with Crippen LogP contribution < -0.4 is 11.1 Å². The lowest BCUT2D eigenvalue weighted by atomic mass is 10.1. The van der Waals surface area contributed by atoms with Crippen molar-refractivity contribution in [1.82, 2.24) is 14.8 Å². The number of benzene rings is 1. The standard InChI is InChI=1S/C14H19N5O/c1-3-4-12(15)14(20)17-11-7-5-10(6-8-11)13-18-16-9-19(13)2/h5-9,12H,3-4,15H2,1-2H3,(H,17,20). The summed E-state index contributed by atoms with van der Waals surface area (Å²) in [5.41, 5.74) is 7.44. The van der Waals surface area contributed by atoms with Crippen LogP contribution >= 0.6 is 0 Å². The molecule has 1 amide bonds. The Bertz CT molecular complexity index is 576. The minimum Gasteiger partial charge on any atom is -0.325 e. The van der Waals surface area contributed by atoms with Crippen LogP contribution in [0.15, 0.2) is 30.6 Å². The Hall–Kier alpha value is -2.21. The molecule has 20 heavy (non-hydrogen) atoms. The van der Waals surface area contributed by atoms with E-state index in [1.807, 2.05) is 42.8 Å². The molecule has 0 saturated carbocycles. The number of anilines is 1. The number of aromatic nitrogens is 3. The lowest BCUT2D eigenvalue weighted by molar-refractivity contribution is -0.117. The molecule has 0 aliphatic heterocycles. The number of hydrogen-bond acceptors (Lipinski definition) is 4. The summed E-state index contributed by atoms with van der Waals surface area (Å²) in [7, 11) is 1.88. The molecule has 3 N–H and O–H groups in total. The molecule has 1 aromatic carbocycles. The maximum absolute atomic E-state index is 11.8. The van der Waals surface area contributed by atoms with Crippen molar-refractivity contribution < 1.29 is 4.79 Å². The van der Waals surface area contributed by atoms with Crippen molar-refractivity contribution in [2.75, 3.05) is 5.32 Å². The molecule has 0 bridgehead atoms. The zero-order valence-electron chi connectivity index (χ0n) is 11.7. The van der Waals surface area contributed by atoms with Gasteiger partial charge in [0.15, 0.2) is 5.82 Å². The van der Waals surface area contributed by atoms with Gasteiger partial charge in [-0.3, -0.25) is 4.79 Å². The third-order valence-corrected chi connectivity index (χ3v) is 3.06. The SMILES string of the molecule is CCCC(N)C(=O)Nc1ccc(-c2nncn2C)cc1.